The van der Waals surface area contributed by atoms with E-state index in [1.165, 1.54) is 32.7 Å². The van der Waals surface area contributed by atoms with Crippen molar-refractivity contribution < 1.29 is 28.8 Å². The molecule has 169 valence electrons. The zero-order valence-corrected chi connectivity index (χ0v) is 19.8. The van der Waals surface area contributed by atoms with Crippen molar-refractivity contribution in [2.75, 3.05) is 7.05 Å². The Morgan fingerprint density at radius 1 is 0.968 bits per heavy atom. The average molecular weight is 430 g/mol. The fourth-order valence-electron chi connectivity index (χ4n) is 6.16. The quantitative estimate of drug-likeness (QED) is 0.375. The third kappa shape index (κ3) is 4.05. The van der Waals surface area contributed by atoms with Gasteiger partial charge in [0.15, 0.2) is 0 Å². The fourth-order valence-corrected chi connectivity index (χ4v) is 6.16. The highest BCUT2D eigenvalue weighted by molar-refractivity contribution is 6.08. The predicted octanol–water partition coefficient (Wildman–Crippen LogP) is 1.87. The Morgan fingerprint density at radius 3 is 1.74 bits per heavy atom. The van der Waals surface area contributed by atoms with Crippen LogP contribution in [0.2, 0.25) is 0 Å². The summed E-state index contributed by atoms with van der Waals surface area (Å²) in [5.41, 5.74) is -0.850. The van der Waals surface area contributed by atoms with Crippen LogP contribution in [-0.4, -0.2) is 55.3 Å². The van der Waals surface area contributed by atoms with Crippen LogP contribution in [0.4, 0.5) is 0 Å². The van der Waals surface area contributed by atoms with Crippen LogP contribution in [-0.2, 0) is 28.8 Å². The molecule has 2 aliphatic carbocycles. The second kappa shape index (κ2) is 8.79. The maximum Gasteiger partial charge on any atom is 0.233 e. The average Bonchev–Trinajstić information content (AvgIpc) is 3.09. The van der Waals surface area contributed by atoms with Gasteiger partial charge in [0.25, 0.3) is 0 Å². The molecule has 0 aromatic heterocycles. The van der Waals surface area contributed by atoms with Crippen LogP contribution in [0.25, 0.3) is 0 Å². The largest absolute Gasteiger partial charge is 0.300 e. The number of nitrogens with zero attached hydrogens (tertiary/aromatic N) is 1. The van der Waals surface area contributed by atoms with Gasteiger partial charge in [-0.15, -0.1) is 0 Å². The highest BCUT2D eigenvalue weighted by atomic mass is 16.2. The summed E-state index contributed by atoms with van der Waals surface area (Å²) in [5.74, 6) is -2.03. The van der Waals surface area contributed by atoms with Crippen molar-refractivity contribution in [3.63, 3.8) is 0 Å². The van der Waals surface area contributed by atoms with E-state index in [4.69, 9.17) is 0 Å². The van der Waals surface area contributed by atoms with E-state index in [0.29, 0.717) is 6.42 Å². The maximum absolute atomic E-state index is 12.6. The summed E-state index contributed by atoms with van der Waals surface area (Å²) in [4.78, 5) is 71.0. The highest BCUT2D eigenvalue weighted by Crippen LogP contribution is 2.73. The van der Waals surface area contributed by atoms with Gasteiger partial charge in [-0.05, 0) is 50.9 Å². The van der Waals surface area contributed by atoms with Gasteiger partial charge >= 0.3 is 0 Å². The van der Waals surface area contributed by atoms with Crippen molar-refractivity contribution in [2.45, 2.75) is 61.3 Å². The second-order valence-corrected chi connectivity index (χ2v) is 9.93. The molecule has 6 atom stereocenters. The number of carbonyl (C=O) groups is 6. The first-order chi connectivity index (χ1) is 13.6. The topological polar surface area (TPSA) is 106 Å². The molecule has 1 saturated heterocycles. The number of imide groups is 1. The van der Waals surface area contributed by atoms with Crippen LogP contribution in [0.1, 0.15) is 61.3 Å². The molecular weight excluding hydrogens is 397 g/mol. The van der Waals surface area contributed by atoms with Crippen LogP contribution >= 0.6 is 0 Å². The Bertz CT molecular complexity index is 824. The lowest BCUT2D eigenvalue weighted by molar-refractivity contribution is -0.141. The molecule has 8 heteroatoms. The van der Waals surface area contributed by atoms with E-state index < -0.39 is 17.3 Å². The third-order valence-corrected chi connectivity index (χ3v) is 7.95. The van der Waals surface area contributed by atoms with Gasteiger partial charge in [-0.1, -0.05) is 20.8 Å². The first kappa shape index (κ1) is 26.9. The highest BCUT2D eigenvalue weighted by Gasteiger charge is 2.76. The van der Waals surface area contributed by atoms with E-state index in [1.807, 2.05) is 20.8 Å². The standard InChI is InChI=1S/C17H23NO4.C6H10O2.B/c1-8(19)6-10(20)11-9(2)16(3)7-17(11,4)13-12(16)14(21)18(5)15(13)22;1-4(5(2)7)6(3)8;/h9,11-13H,6-7H2,1-5H3;4H,1-3H3;. The van der Waals surface area contributed by atoms with Crippen molar-refractivity contribution in [1.82, 2.24) is 4.90 Å². The molecule has 2 amide bonds. The first-order valence-electron chi connectivity index (χ1n) is 10.5. The Balaban J connectivity index is 0.000000461. The van der Waals surface area contributed by atoms with Crippen molar-refractivity contribution in [1.29, 1.82) is 0 Å². The summed E-state index contributed by atoms with van der Waals surface area (Å²) in [6.07, 6.45) is 0.631. The Hall–Kier alpha value is -2.12. The molecule has 7 nitrogen and oxygen atoms in total. The molecule has 6 unspecified atom stereocenters. The summed E-state index contributed by atoms with van der Waals surface area (Å²) in [5, 5.41) is 0. The van der Waals surface area contributed by atoms with Crippen LogP contribution in [0.5, 0.6) is 0 Å². The predicted molar refractivity (Wildman–Crippen MR) is 115 cm³/mol. The summed E-state index contributed by atoms with van der Waals surface area (Å²) in [6.45, 7) is 11.9. The van der Waals surface area contributed by atoms with E-state index in [9.17, 15) is 28.8 Å². The Labute approximate surface area is 186 Å². The van der Waals surface area contributed by atoms with Gasteiger partial charge in [-0.2, -0.15) is 0 Å². The number of fused-ring (bicyclic) bond motifs is 5. The molecule has 1 aliphatic heterocycles. The van der Waals surface area contributed by atoms with E-state index >= 15 is 0 Å². The molecule has 2 saturated carbocycles. The Kier molecular flexibility index (Phi) is 7.63. The van der Waals surface area contributed by atoms with Gasteiger partial charge in [-0.25, -0.2) is 0 Å². The summed E-state index contributed by atoms with van der Waals surface area (Å²) in [6, 6.07) is 0. The van der Waals surface area contributed by atoms with E-state index in [2.05, 4.69) is 0 Å². The minimum atomic E-state index is -0.511. The molecule has 3 rings (SSSR count). The smallest absolute Gasteiger partial charge is 0.233 e. The first-order valence-corrected chi connectivity index (χ1v) is 10.5. The molecule has 3 aliphatic rings. The molecule has 3 radical (unpaired) electrons. The normalized spacial score (nSPS) is 35.3. The molecule has 0 aromatic carbocycles. The fraction of sp³-hybridized carbons (Fsp3) is 0.739. The van der Waals surface area contributed by atoms with Crippen molar-refractivity contribution in [3.8, 4) is 0 Å². The number of Topliss-reactive ketones (excluding diaryl/α,β-unsaturated/α-hetero) is 4. The molecule has 1 heterocycles. The zero-order chi connectivity index (χ0) is 23.3. The molecule has 0 aromatic rings. The van der Waals surface area contributed by atoms with Gasteiger partial charge in [0.2, 0.25) is 11.8 Å². The van der Waals surface area contributed by atoms with Crippen molar-refractivity contribution in [2.24, 2.45) is 40.4 Å². The maximum atomic E-state index is 12.6. The van der Waals surface area contributed by atoms with Crippen LogP contribution in [0.15, 0.2) is 0 Å². The lowest BCUT2D eigenvalue weighted by Gasteiger charge is -2.43. The molecule has 0 N–H and O–H groups in total. The van der Waals surface area contributed by atoms with Crippen molar-refractivity contribution in [3.05, 3.63) is 0 Å². The monoisotopic (exact) mass is 430 g/mol. The third-order valence-electron chi connectivity index (χ3n) is 7.95. The molecule has 0 spiro atoms. The minimum absolute atomic E-state index is 0. The van der Waals surface area contributed by atoms with Gasteiger partial charge in [0, 0.05) is 21.4 Å². The molecule has 3 fully saturated rings. The summed E-state index contributed by atoms with van der Waals surface area (Å²) >= 11 is 0. The van der Waals surface area contributed by atoms with Crippen LogP contribution in [0, 0.1) is 40.4 Å². The lowest BCUT2D eigenvalue weighted by Crippen LogP contribution is -2.48. The van der Waals surface area contributed by atoms with Crippen LogP contribution in [0.3, 0.4) is 0 Å². The number of ketones is 4. The molecular formula is C23H33BNO6. The number of hydrogen-bond donors (Lipinski definition) is 0. The molecule has 2 bridgehead atoms. The molecule has 31 heavy (non-hydrogen) atoms. The SMILES string of the molecule is CC(=O)C(C)C(C)=O.CC(=O)CC(=O)C1C(C)C2(C)CC1(C)C1C(=O)N(C)C(=O)C12.[B]. The van der Waals surface area contributed by atoms with Gasteiger partial charge < -0.3 is 0 Å². The lowest BCUT2D eigenvalue weighted by atomic mass is 9.57. The number of carbonyl (C=O) groups excluding carboxylic acids is 6. The second-order valence-electron chi connectivity index (χ2n) is 9.93. The van der Waals surface area contributed by atoms with E-state index in [0.717, 1.165) is 0 Å². The Morgan fingerprint density at radius 2 is 1.39 bits per heavy atom. The number of likely N-dealkylation sites (tertiary alicyclic amines) is 1. The van der Waals surface area contributed by atoms with Gasteiger partial charge in [0.05, 0.1) is 24.2 Å². The number of amides is 2. The zero-order valence-electron chi connectivity index (χ0n) is 19.8. The van der Waals surface area contributed by atoms with Crippen LogP contribution < -0.4 is 0 Å². The minimum Gasteiger partial charge on any atom is -0.300 e. The van der Waals surface area contributed by atoms with E-state index in [1.54, 1.807) is 6.92 Å². The van der Waals surface area contributed by atoms with Gasteiger partial charge in [-0.3, -0.25) is 33.7 Å². The summed E-state index contributed by atoms with van der Waals surface area (Å²) < 4.78 is 0. The van der Waals surface area contributed by atoms with E-state index in [-0.39, 0.29) is 72.9 Å². The van der Waals surface area contributed by atoms with Gasteiger partial charge in [0.1, 0.15) is 23.1 Å². The number of rotatable bonds is 5. The summed E-state index contributed by atoms with van der Waals surface area (Å²) in [7, 11) is 1.53. The number of hydrogen-bond acceptors (Lipinski definition) is 6. The van der Waals surface area contributed by atoms with Crippen molar-refractivity contribution >= 4 is 43.4 Å².